The molecule has 0 spiro atoms. The summed E-state index contributed by atoms with van der Waals surface area (Å²) in [6.45, 7) is 14.2. The third-order valence-corrected chi connectivity index (χ3v) is 2.43. The third-order valence-electron chi connectivity index (χ3n) is 1.58. The topological polar surface area (TPSA) is 21.6 Å². The Hall–Kier alpha value is -0.833. The van der Waals surface area contributed by atoms with Crippen molar-refractivity contribution in [1.29, 1.82) is 0 Å². The molecule has 2 nitrogen and oxygen atoms in total. The van der Waals surface area contributed by atoms with Gasteiger partial charge in [-0.15, -0.1) is 0 Å². The molecule has 0 aromatic heterocycles. The molecule has 0 N–H and O–H groups in total. The summed E-state index contributed by atoms with van der Waals surface area (Å²) in [6, 6.07) is 0. The van der Waals surface area contributed by atoms with Crippen molar-refractivity contribution in [2.24, 2.45) is 4.99 Å². The Morgan fingerprint density at radius 3 is 2.36 bits per heavy atom. The van der Waals surface area contributed by atoms with Crippen molar-refractivity contribution in [3.63, 3.8) is 0 Å². The maximum atomic E-state index is 5.60. The van der Waals surface area contributed by atoms with E-state index >= 15 is 0 Å². The Morgan fingerprint density at radius 2 is 2.00 bits per heavy atom. The molecule has 14 heavy (non-hydrogen) atoms. The van der Waals surface area contributed by atoms with Crippen LogP contribution in [0.5, 0.6) is 0 Å². The monoisotopic (exact) mass is 211 g/mol. The lowest BCUT2D eigenvalue weighted by molar-refractivity contribution is 0.421. The Morgan fingerprint density at radius 1 is 1.43 bits per heavy atom. The van der Waals surface area contributed by atoms with E-state index in [4.69, 9.17) is 4.43 Å². The quantitative estimate of drug-likeness (QED) is 0.386. The van der Waals surface area contributed by atoms with Crippen LogP contribution in [0.15, 0.2) is 29.1 Å². The molecule has 3 heteroatoms. The number of allylic oxidation sites excluding steroid dienone is 2. The molecular formula is C11H21NOSi. The standard InChI is InChI=1S/C11H21NOSi/c1-7-11(8-2)9-12-10(3)13-14(4,5)6/h7,9H,3,8H2,1-2,4-6H3/b11-7+,12-9?. The van der Waals surface area contributed by atoms with Crippen LogP contribution in [0.1, 0.15) is 20.3 Å². The van der Waals surface area contributed by atoms with Crippen LogP contribution >= 0.6 is 0 Å². The number of hydrogen-bond donors (Lipinski definition) is 0. The third kappa shape index (κ3) is 6.66. The van der Waals surface area contributed by atoms with Gasteiger partial charge in [-0.1, -0.05) is 13.0 Å². The summed E-state index contributed by atoms with van der Waals surface area (Å²) in [7, 11) is -1.55. The first kappa shape index (κ1) is 13.2. The van der Waals surface area contributed by atoms with Crippen LogP contribution in [-0.2, 0) is 4.43 Å². The van der Waals surface area contributed by atoms with Gasteiger partial charge in [0.1, 0.15) is 0 Å². The summed E-state index contributed by atoms with van der Waals surface area (Å²) < 4.78 is 5.60. The van der Waals surface area contributed by atoms with E-state index in [1.54, 1.807) is 0 Å². The van der Waals surface area contributed by atoms with Gasteiger partial charge in [0.2, 0.25) is 8.32 Å². The molecule has 0 saturated carbocycles. The molecule has 0 atom stereocenters. The molecule has 0 aliphatic heterocycles. The smallest absolute Gasteiger partial charge is 0.244 e. The van der Waals surface area contributed by atoms with E-state index in [0.717, 1.165) is 6.42 Å². The minimum atomic E-state index is -1.55. The highest BCUT2D eigenvalue weighted by Crippen LogP contribution is 2.09. The summed E-state index contributed by atoms with van der Waals surface area (Å²) in [4.78, 5) is 4.18. The molecule has 0 bridgehead atoms. The van der Waals surface area contributed by atoms with Gasteiger partial charge in [-0.05, 0) is 45.1 Å². The zero-order valence-electron chi connectivity index (χ0n) is 9.92. The molecule has 0 saturated heterocycles. The van der Waals surface area contributed by atoms with Crippen molar-refractivity contribution in [2.75, 3.05) is 0 Å². The molecule has 0 amide bonds. The molecule has 0 heterocycles. The maximum Gasteiger partial charge on any atom is 0.244 e. The fourth-order valence-electron chi connectivity index (χ4n) is 0.905. The average molecular weight is 211 g/mol. The Labute approximate surface area is 88.5 Å². The SMILES string of the molecule is C=C(N=C/C(=C/C)CC)O[Si](C)(C)C. The van der Waals surface area contributed by atoms with E-state index in [1.807, 2.05) is 19.2 Å². The summed E-state index contributed by atoms with van der Waals surface area (Å²) in [6.07, 6.45) is 4.86. The van der Waals surface area contributed by atoms with Crippen LogP contribution in [0.4, 0.5) is 0 Å². The Balaban J connectivity index is 4.19. The molecule has 0 rings (SSSR count). The van der Waals surface area contributed by atoms with Gasteiger partial charge in [-0.25, -0.2) is 4.99 Å². The van der Waals surface area contributed by atoms with Gasteiger partial charge < -0.3 is 4.43 Å². The van der Waals surface area contributed by atoms with E-state index in [9.17, 15) is 0 Å². The van der Waals surface area contributed by atoms with Crippen molar-refractivity contribution in [3.05, 3.63) is 24.1 Å². The Bertz CT molecular complexity index is 249. The van der Waals surface area contributed by atoms with E-state index in [0.29, 0.717) is 5.88 Å². The average Bonchev–Trinajstić information content (AvgIpc) is 2.03. The van der Waals surface area contributed by atoms with Crippen molar-refractivity contribution >= 4 is 14.5 Å². The highest BCUT2D eigenvalue weighted by atomic mass is 28.4. The molecule has 0 aromatic carbocycles. The lowest BCUT2D eigenvalue weighted by Crippen LogP contribution is -2.24. The first-order valence-electron chi connectivity index (χ1n) is 4.96. The Kier molecular flexibility index (Phi) is 5.46. The molecule has 0 aliphatic carbocycles. The van der Waals surface area contributed by atoms with Gasteiger partial charge in [-0.3, -0.25) is 0 Å². The van der Waals surface area contributed by atoms with Crippen molar-refractivity contribution < 1.29 is 4.43 Å². The highest BCUT2D eigenvalue weighted by molar-refractivity contribution is 6.70. The molecule has 80 valence electrons. The summed E-state index contributed by atoms with van der Waals surface area (Å²) >= 11 is 0. The van der Waals surface area contributed by atoms with Crippen LogP contribution in [-0.4, -0.2) is 14.5 Å². The predicted octanol–water partition coefficient (Wildman–Crippen LogP) is 3.74. The first-order chi connectivity index (χ1) is 6.39. The van der Waals surface area contributed by atoms with E-state index in [-0.39, 0.29) is 0 Å². The van der Waals surface area contributed by atoms with Crippen molar-refractivity contribution in [2.45, 2.75) is 39.9 Å². The molecule has 0 aromatic rings. The maximum absolute atomic E-state index is 5.60. The summed E-state index contributed by atoms with van der Waals surface area (Å²) in [5, 5.41) is 0. The molecule has 0 unspecified atom stereocenters. The lowest BCUT2D eigenvalue weighted by Gasteiger charge is -2.17. The van der Waals surface area contributed by atoms with Crippen LogP contribution in [0, 0.1) is 0 Å². The fourth-order valence-corrected chi connectivity index (χ4v) is 1.66. The molecule has 0 fully saturated rings. The van der Waals surface area contributed by atoms with E-state index in [1.165, 1.54) is 5.57 Å². The van der Waals surface area contributed by atoms with E-state index in [2.05, 4.69) is 38.1 Å². The normalized spacial score (nSPS) is 13.4. The van der Waals surface area contributed by atoms with Gasteiger partial charge in [0, 0.05) is 6.21 Å². The zero-order chi connectivity index (χ0) is 11.2. The van der Waals surface area contributed by atoms with Gasteiger partial charge in [0.25, 0.3) is 0 Å². The van der Waals surface area contributed by atoms with Gasteiger partial charge in [0.05, 0.1) is 0 Å². The summed E-state index contributed by atoms with van der Waals surface area (Å²) in [5.41, 5.74) is 1.20. The van der Waals surface area contributed by atoms with Crippen LogP contribution in [0.25, 0.3) is 0 Å². The van der Waals surface area contributed by atoms with E-state index < -0.39 is 8.32 Å². The zero-order valence-corrected chi connectivity index (χ0v) is 10.9. The van der Waals surface area contributed by atoms with Gasteiger partial charge in [-0.2, -0.15) is 0 Å². The number of nitrogens with zero attached hydrogens (tertiary/aromatic N) is 1. The largest absolute Gasteiger partial charge is 0.532 e. The highest BCUT2D eigenvalue weighted by Gasteiger charge is 2.15. The summed E-state index contributed by atoms with van der Waals surface area (Å²) in [5.74, 6) is 0.525. The van der Waals surface area contributed by atoms with Gasteiger partial charge in [0.15, 0.2) is 5.88 Å². The van der Waals surface area contributed by atoms with Crippen molar-refractivity contribution in [3.8, 4) is 0 Å². The molecule has 0 aliphatic rings. The number of aliphatic imine (C=N–C) groups is 1. The predicted molar refractivity (Wildman–Crippen MR) is 66.1 cm³/mol. The first-order valence-corrected chi connectivity index (χ1v) is 8.37. The van der Waals surface area contributed by atoms with Crippen LogP contribution in [0.3, 0.4) is 0 Å². The minimum absolute atomic E-state index is 0.525. The fraction of sp³-hybridized carbons (Fsp3) is 0.545. The lowest BCUT2D eigenvalue weighted by atomic mass is 10.2. The molecule has 0 radical (unpaired) electrons. The second-order valence-corrected chi connectivity index (χ2v) is 8.51. The second-order valence-electron chi connectivity index (χ2n) is 4.08. The van der Waals surface area contributed by atoms with Crippen LogP contribution < -0.4 is 0 Å². The van der Waals surface area contributed by atoms with Crippen LogP contribution in [0.2, 0.25) is 19.6 Å². The second kappa shape index (κ2) is 5.80. The van der Waals surface area contributed by atoms with Crippen molar-refractivity contribution in [1.82, 2.24) is 0 Å². The molecular weight excluding hydrogens is 190 g/mol. The number of hydrogen-bond acceptors (Lipinski definition) is 2. The number of rotatable bonds is 5. The minimum Gasteiger partial charge on any atom is -0.532 e. The van der Waals surface area contributed by atoms with Gasteiger partial charge >= 0.3 is 0 Å².